The Balaban J connectivity index is 4.30. The van der Waals surface area contributed by atoms with Gasteiger partial charge in [-0.3, -0.25) is 9.59 Å². The van der Waals surface area contributed by atoms with E-state index in [9.17, 15) is 9.59 Å². The standard InChI is InChI=1S/C11H17Cl2NO3/c1-2-17-11(16)9-14(8-4-7-13)10(15)5-3-6-12/h4,7H,2-3,5-6,8-9H2,1H3. The van der Waals surface area contributed by atoms with Crippen molar-refractivity contribution in [2.75, 3.05) is 25.6 Å². The molecule has 0 rings (SSSR count). The lowest BCUT2D eigenvalue weighted by Gasteiger charge is -2.19. The summed E-state index contributed by atoms with van der Waals surface area (Å²) in [6.45, 7) is 2.25. The van der Waals surface area contributed by atoms with E-state index in [-0.39, 0.29) is 12.5 Å². The molecule has 0 aliphatic carbocycles. The molecule has 0 aromatic rings. The van der Waals surface area contributed by atoms with Crippen molar-refractivity contribution in [2.24, 2.45) is 0 Å². The summed E-state index contributed by atoms with van der Waals surface area (Å²) in [5.41, 5.74) is 1.31. The molecule has 1 amide bonds. The quantitative estimate of drug-likeness (QED) is 0.506. The van der Waals surface area contributed by atoms with Crippen molar-refractivity contribution < 1.29 is 14.3 Å². The summed E-state index contributed by atoms with van der Waals surface area (Å²) >= 11 is 10.9. The van der Waals surface area contributed by atoms with Crippen LogP contribution in [0.25, 0.3) is 0 Å². The van der Waals surface area contributed by atoms with Gasteiger partial charge in [0.2, 0.25) is 5.91 Å². The van der Waals surface area contributed by atoms with Gasteiger partial charge < -0.3 is 9.64 Å². The molecular formula is C11H17Cl2NO3. The van der Waals surface area contributed by atoms with Crippen molar-refractivity contribution in [3.63, 3.8) is 0 Å². The zero-order chi connectivity index (χ0) is 13.1. The number of halogens is 2. The molecule has 0 radical (unpaired) electrons. The van der Waals surface area contributed by atoms with Gasteiger partial charge in [0, 0.05) is 24.4 Å². The van der Waals surface area contributed by atoms with Crippen molar-refractivity contribution in [1.29, 1.82) is 0 Å². The monoisotopic (exact) mass is 281 g/mol. The second-order valence-corrected chi connectivity index (χ2v) is 3.86. The Morgan fingerprint density at radius 1 is 1.41 bits per heavy atom. The van der Waals surface area contributed by atoms with Crippen LogP contribution < -0.4 is 0 Å². The van der Waals surface area contributed by atoms with E-state index in [1.54, 1.807) is 13.0 Å². The third-order valence-corrected chi connectivity index (χ3v) is 2.36. The highest BCUT2D eigenvalue weighted by molar-refractivity contribution is 6.25. The summed E-state index contributed by atoms with van der Waals surface area (Å²) in [6.07, 6.45) is 2.50. The zero-order valence-corrected chi connectivity index (χ0v) is 11.3. The molecule has 0 aromatic heterocycles. The molecule has 0 aliphatic heterocycles. The van der Waals surface area contributed by atoms with Crippen LogP contribution in [0.1, 0.15) is 19.8 Å². The van der Waals surface area contributed by atoms with Crippen molar-refractivity contribution >= 4 is 35.1 Å². The molecule has 0 saturated heterocycles. The fourth-order valence-corrected chi connectivity index (χ4v) is 1.37. The van der Waals surface area contributed by atoms with Gasteiger partial charge >= 0.3 is 5.97 Å². The third kappa shape index (κ3) is 8.05. The van der Waals surface area contributed by atoms with Crippen LogP contribution >= 0.6 is 23.2 Å². The molecule has 6 heteroatoms. The van der Waals surface area contributed by atoms with Crippen LogP contribution in [0.3, 0.4) is 0 Å². The van der Waals surface area contributed by atoms with Gasteiger partial charge in [-0.2, -0.15) is 0 Å². The van der Waals surface area contributed by atoms with E-state index in [1.807, 2.05) is 0 Å². The Morgan fingerprint density at radius 2 is 2.12 bits per heavy atom. The van der Waals surface area contributed by atoms with E-state index in [0.717, 1.165) is 0 Å². The highest BCUT2D eigenvalue weighted by atomic mass is 35.5. The lowest BCUT2D eigenvalue weighted by molar-refractivity contribution is -0.148. The molecule has 4 nitrogen and oxygen atoms in total. The highest BCUT2D eigenvalue weighted by Crippen LogP contribution is 2.01. The van der Waals surface area contributed by atoms with Gasteiger partial charge in [0.15, 0.2) is 0 Å². The Hall–Kier alpha value is -0.740. The van der Waals surface area contributed by atoms with Crippen LogP contribution in [0.5, 0.6) is 0 Å². The number of amides is 1. The fraction of sp³-hybridized carbons (Fsp3) is 0.636. The Bertz CT molecular complexity index is 269. The van der Waals surface area contributed by atoms with Crippen LogP contribution in [0.15, 0.2) is 11.6 Å². The maximum absolute atomic E-state index is 11.7. The van der Waals surface area contributed by atoms with Crippen LogP contribution in [-0.4, -0.2) is 42.4 Å². The topological polar surface area (TPSA) is 46.6 Å². The molecule has 0 N–H and O–H groups in total. The molecule has 0 atom stereocenters. The number of esters is 1. The second-order valence-electron chi connectivity index (χ2n) is 3.23. The van der Waals surface area contributed by atoms with Crippen molar-refractivity contribution in [3.8, 4) is 0 Å². The predicted octanol–water partition coefficient (Wildman–Crippen LogP) is 2.15. The smallest absolute Gasteiger partial charge is 0.325 e. The van der Waals surface area contributed by atoms with E-state index in [1.165, 1.54) is 10.4 Å². The first kappa shape index (κ1) is 16.3. The number of hydrogen-bond donors (Lipinski definition) is 0. The van der Waals surface area contributed by atoms with E-state index >= 15 is 0 Å². The largest absolute Gasteiger partial charge is 0.465 e. The van der Waals surface area contributed by atoms with E-state index in [2.05, 4.69) is 0 Å². The first-order valence-electron chi connectivity index (χ1n) is 5.40. The average Bonchev–Trinajstić information content (AvgIpc) is 2.31. The average molecular weight is 282 g/mol. The summed E-state index contributed by atoms with van der Waals surface area (Å²) in [6, 6.07) is 0. The number of carbonyl (C=O) groups is 2. The van der Waals surface area contributed by atoms with Gasteiger partial charge in [0.1, 0.15) is 6.54 Å². The molecular weight excluding hydrogens is 265 g/mol. The fourth-order valence-electron chi connectivity index (χ4n) is 1.16. The molecule has 98 valence electrons. The van der Waals surface area contributed by atoms with Gasteiger partial charge in [0.25, 0.3) is 0 Å². The van der Waals surface area contributed by atoms with Crippen LogP contribution in [0.4, 0.5) is 0 Å². The van der Waals surface area contributed by atoms with Gasteiger partial charge in [-0.05, 0) is 13.3 Å². The molecule has 0 saturated carbocycles. The minimum Gasteiger partial charge on any atom is -0.465 e. The number of carbonyl (C=O) groups excluding carboxylic acids is 2. The number of alkyl halides is 1. The molecule has 0 spiro atoms. The van der Waals surface area contributed by atoms with Gasteiger partial charge in [-0.15, -0.1) is 11.6 Å². The number of ether oxygens (including phenoxy) is 1. The van der Waals surface area contributed by atoms with Crippen molar-refractivity contribution in [3.05, 3.63) is 11.6 Å². The lowest BCUT2D eigenvalue weighted by atomic mass is 10.3. The minimum absolute atomic E-state index is 0.0593. The minimum atomic E-state index is -0.422. The van der Waals surface area contributed by atoms with E-state index < -0.39 is 5.97 Å². The molecule has 0 heterocycles. The molecule has 0 aromatic carbocycles. The number of hydrogen-bond acceptors (Lipinski definition) is 3. The Kier molecular flexibility index (Phi) is 9.96. The first-order chi connectivity index (χ1) is 8.15. The summed E-state index contributed by atoms with van der Waals surface area (Å²) < 4.78 is 4.79. The van der Waals surface area contributed by atoms with Gasteiger partial charge in [-0.1, -0.05) is 17.7 Å². The molecule has 0 aliphatic rings. The van der Waals surface area contributed by atoms with Gasteiger partial charge in [0.05, 0.1) is 6.61 Å². The van der Waals surface area contributed by atoms with Gasteiger partial charge in [-0.25, -0.2) is 0 Å². The van der Waals surface area contributed by atoms with Crippen LogP contribution in [0, 0.1) is 0 Å². The summed E-state index contributed by atoms with van der Waals surface area (Å²) in [7, 11) is 0. The molecule has 17 heavy (non-hydrogen) atoms. The maximum Gasteiger partial charge on any atom is 0.325 e. The molecule has 0 fully saturated rings. The Morgan fingerprint density at radius 3 is 2.65 bits per heavy atom. The summed E-state index contributed by atoms with van der Waals surface area (Å²) in [5, 5.41) is 0. The van der Waals surface area contributed by atoms with E-state index in [4.69, 9.17) is 27.9 Å². The number of rotatable bonds is 8. The zero-order valence-electron chi connectivity index (χ0n) is 9.83. The van der Waals surface area contributed by atoms with E-state index in [0.29, 0.717) is 31.9 Å². The predicted molar refractivity (Wildman–Crippen MR) is 68.2 cm³/mol. The third-order valence-electron chi connectivity index (χ3n) is 1.92. The summed E-state index contributed by atoms with van der Waals surface area (Å²) in [5.74, 6) is -0.132. The number of nitrogens with zero attached hydrogens (tertiary/aromatic N) is 1. The molecule has 0 unspecified atom stereocenters. The van der Waals surface area contributed by atoms with Crippen molar-refractivity contribution in [2.45, 2.75) is 19.8 Å². The van der Waals surface area contributed by atoms with Crippen molar-refractivity contribution in [1.82, 2.24) is 4.90 Å². The highest BCUT2D eigenvalue weighted by Gasteiger charge is 2.16. The summed E-state index contributed by atoms with van der Waals surface area (Å²) in [4.78, 5) is 24.4. The van der Waals surface area contributed by atoms with Crippen LogP contribution in [0.2, 0.25) is 0 Å². The Labute approximate surface area is 112 Å². The second kappa shape index (κ2) is 10.4. The lowest BCUT2D eigenvalue weighted by Crippen LogP contribution is -2.36. The SMILES string of the molecule is CCOC(=O)CN(CC=CCl)C(=O)CCCCl. The molecule has 0 bridgehead atoms. The maximum atomic E-state index is 11.7. The normalized spacial score (nSPS) is 10.5. The van der Waals surface area contributed by atoms with Crippen LogP contribution in [-0.2, 0) is 14.3 Å². The first-order valence-corrected chi connectivity index (χ1v) is 6.37.